The molecule has 0 fully saturated rings. The van der Waals surface area contributed by atoms with Crippen LogP contribution >= 0.6 is 7.60 Å². The summed E-state index contributed by atoms with van der Waals surface area (Å²) >= 11 is 0. The molecule has 0 radical (unpaired) electrons. The van der Waals surface area contributed by atoms with E-state index in [1.807, 2.05) is 0 Å². The van der Waals surface area contributed by atoms with Crippen molar-refractivity contribution < 1.29 is 28.2 Å². The van der Waals surface area contributed by atoms with Crippen LogP contribution in [0.25, 0.3) is 4.98 Å². The molecule has 0 saturated heterocycles. The molecule has 0 amide bonds. The molecule has 1 aromatic carbocycles. The lowest BCUT2D eigenvalue weighted by atomic mass is 10.1. The van der Waals surface area contributed by atoms with Crippen LogP contribution in [0.4, 0.5) is 4.39 Å². The molecule has 7 nitrogen and oxygen atoms in total. The summed E-state index contributed by atoms with van der Waals surface area (Å²) in [6.45, 7) is 3.13. The number of halogens is 1. The number of hydrogen-bond donors (Lipinski definition) is 2. The van der Waals surface area contributed by atoms with Crippen LogP contribution in [-0.2, 0) is 13.6 Å². The van der Waals surface area contributed by atoms with E-state index in [1.54, 1.807) is 13.8 Å². The second kappa shape index (κ2) is 8.75. The summed E-state index contributed by atoms with van der Waals surface area (Å²) < 4.78 is 35.3. The van der Waals surface area contributed by atoms with E-state index in [1.165, 1.54) is 12.1 Å². The van der Waals surface area contributed by atoms with Gasteiger partial charge in [-0.1, -0.05) is 12.1 Å². The van der Waals surface area contributed by atoms with Gasteiger partial charge in [-0.05, 0) is 31.5 Å². The van der Waals surface area contributed by atoms with Gasteiger partial charge in [-0.25, -0.2) is 8.96 Å². The molecule has 0 aliphatic carbocycles. The molecular weight excluding hydrogens is 326 g/mol. The fourth-order valence-electron chi connectivity index (χ4n) is 1.85. The van der Waals surface area contributed by atoms with Gasteiger partial charge in [0.05, 0.1) is 19.3 Å². The number of benzene rings is 1. The molecule has 0 aliphatic rings. The van der Waals surface area contributed by atoms with E-state index in [-0.39, 0.29) is 13.2 Å². The van der Waals surface area contributed by atoms with Crippen molar-refractivity contribution in [2.24, 2.45) is 0 Å². The van der Waals surface area contributed by atoms with Crippen LogP contribution in [-0.4, -0.2) is 23.4 Å². The number of aliphatic hydroxyl groups is 2. The first-order valence-corrected chi connectivity index (χ1v) is 8.52. The van der Waals surface area contributed by atoms with Crippen molar-refractivity contribution in [3.63, 3.8) is 0 Å². The maximum atomic E-state index is 12.9. The predicted molar refractivity (Wildman–Crippen MR) is 81.6 cm³/mol. The number of hydrogen-bond acceptors (Lipinski definition) is 6. The molecule has 2 N–H and O–H groups in total. The summed E-state index contributed by atoms with van der Waals surface area (Å²) in [7, 11) is -4.00. The van der Waals surface area contributed by atoms with Gasteiger partial charge in [-0.3, -0.25) is 0 Å². The Kier molecular flexibility index (Phi) is 7.33. The lowest BCUT2D eigenvalue weighted by Gasteiger charge is -2.12. The molecule has 1 atom stereocenters. The van der Waals surface area contributed by atoms with Crippen LogP contribution < -0.4 is 0 Å². The van der Waals surface area contributed by atoms with Gasteiger partial charge in [-0.2, -0.15) is 0 Å². The van der Waals surface area contributed by atoms with E-state index in [4.69, 9.17) is 14.4 Å². The maximum absolute atomic E-state index is 12.9. The first-order chi connectivity index (χ1) is 10.9. The third-order valence-electron chi connectivity index (χ3n) is 2.85. The Labute approximate surface area is 133 Å². The average molecular weight is 345 g/mol. The normalized spacial score (nSPS) is 14.0. The van der Waals surface area contributed by atoms with Crippen LogP contribution in [0.5, 0.6) is 0 Å². The number of diazo groups is 1. The fraction of sp³-hybridized carbons (Fsp3) is 0.429. The highest BCUT2D eigenvalue weighted by Crippen LogP contribution is 2.58. The smallest absolute Gasteiger partial charge is 0.505 e. The number of nitrogens with zero attached hydrogens (tertiary/aromatic N) is 2. The van der Waals surface area contributed by atoms with Gasteiger partial charge in [0.25, 0.3) is 0 Å². The predicted octanol–water partition coefficient (Wildman–Crippen LogP) is 4.10. The quantitative estimate of drug-likeness (QED) is 0.418. The van der Waals surface area contributed by atoms with Crippen molar-refractivity contribution >= 4 is 7.60 Å². The maximum Gasteiger partial charge on any atom is 0.507 e. The summed E-state index contributed by atoms with van der Waals surface area (Å²) in [5.41, 5.74) is -0.333. The van der Waals surface area contributed by atoms with Crippen molar-refractivity contribution in [2.75, 3.05) is 13.2 Å². The van der Waals surface area contributed by atoms with E-state index >= 15 is 0 Å². The van der Waals surface area contributed by atoms with E-state index in [9.17, 15) is 19.2 Å². The second-order valence-corrected chi connectivity index (χ2v) is 6.41. The lowest BCUT2D eigenvalue weighted by molar-refractivity contribution is 0.159. The Bertz CT molecular complexity index is 632. The van der Waals surface area contributed by atoms with Crippen molar-refractivity contribution in [3.8, 4) is 0 Å². The molecule has 0 unspecified atom stereocenters. The molecule has 0 aliphatic heterocycles. The van der Waals surface area contributed by atoms with Crippen LogP contribution in [0.1, 0.15) is 31.9 Å². The molecule has 23 heavy (non-hydrogen) atoms. The van der Waals surface area contributed by atoms with E-state index in [2.05, 4.69) is 4.98 Å². The van der Waals surface area contributed by atoms with Crippen molar-refractivity contribution in [1.29, 1.82) is 5.39 Å². The molecule has 0 bridgehead atoms. The van der Waals surface area contributed by atoms with E-state index in [0.717, 1.165) is 12.1 Å². The summed E-state index contributed by atoms with van der Waals surface area (Å²) in [4.78, 5) is 2.80. The topological polar surface area (TPSA) is 104 Å². The van der Waals surface area contributed by atoms with Crippen LogP contribution in [0.3, 0.4) is 0 Å². The first kappa shape index (κ1) is 19.3. The van der Waals surface area contributed by atoms with Gasteiger partial charge in [-0.15, -0.1) is 0 Å². The van der Waals surface area contributed by atoms with Gasteiger partial charge in [0.1, 0.15) is 5.82 Å². The minimum absolute atomic E-state index is 0.00406. The minimum Gasteiger partial charge on any atom is -0.505 e. The highest BCUT2D eigenvalue weighted by atomic mass is 31.2. The average Bonchev–Trinajstić information content (AvgIpc) is 2.48. The molecule has 0 aromatic heterocycles. The number of aliphatic hydroxyl groups excluding tert-OH is 2. The molecule has 9 heteroatoms. The highest BCUT2D eigenvalue weighted by molar-refractivity contribution is 7.58. The van der Waals surface area contributed by atoms with E-state index in [0.29, 0.717) is 5.56 Å². The van der Waals surface area contributed by atoms with Gasteiger partial charge in [0.15, 0.2) is 4.98 Å². The van der Waals surface area contributed by atoms with Crippen molar-refractivity contribution in [2.45, 2.75) is 26.4 Å². The Morgan fingerprint density at radius 3 is 2.26 bits per heavy atom. The molecule has 1 rings (SSSR count). The first-order valence-electron chi connectivity index (χ1n) is 6.98. The third kappa shape index (κ3) is 5.12. The zero-order chi connectivity index (χ0) is 17.5. The molecule has 0 spiro atoms. The fourth-order valence-corrected chi connectivity index (χ4v) is 3.36. The Morgan fingerprint density at radius 1 is 1.30 bits per heavy atom. The third-order valence-corrected chi connectivity index (χ3v) is 4.91. The molecule has 1 aromatic rings. The van der Waals surface area contributed by atoms with Gasteiger partial charge in [0, 0.05) is 6.42 Å². The minimum atomic E-state index is -4.00. The summed E-state index contributed by atoms with van der Waals surface area (Å²) in [6, 6.07) is 4.99. The van der Waals surface area contributed by atoms with Crippen LogP contribution in [0.15, 0.2) is 35.5 Å². The Balaban J connectivity index is 3.07. The monoisotopic (exact) mass is 345 g/mol. The molecule has 126 valence electrons. The molecular formula is C14H19FN2O5P+. The largest absolute Gasteiger partial charge is 0.507 e. The van der Waals surface area contributed by atoms with Gasteiger partial charge in [0.2, 0.25) is 11.2 Å². The van der Waals surface area contributed by atoms with Crippen molar-refractivity contribution in [3.05, 3.63) is 51.8 Å². The van der Waals surface area contributed by atoms with Crippen LogP contribution in [0.2, 0.25) is 0 Å². The number of rotatable bonds is 8. The Hall–Kier alpha value is -1.78. The van der Waals surface area contributed by atoms with Gasteiger partial charge < -0.3 is 19.3 Å². The van der Waals surface area contributed by atoms with Crippen molar-refractivity contribution in [1.82, 2.24) is 0 Å². The Morgan fingerprint density at radius 2 is 1.83 bits per heavy atom. The molecule has 0 heterocycles. The standard InChI is InChI=1S/C14H18FN2O5P/c1-3-21-23(20,22-4-2)14(17-16)13(19)9-12(18)10-5-7-11(15)8-6-10/h5-8,12,18H,3-4,9H2,1-2H3/p+1/t12-/m1/s1. The summed E-state index contributed by atoms with van der Waals surface area (Å²) in [6.07, 6.45) is -1.63. The zero-order valence-corrected chi connectivity index (χ0v) is 13.7. The summed E-state index contributed by atoms with van der Waals surface area (Å²) in [5, 5.41) is 29.1. The van der Waals surface area contributed by atoms with E-state index < -0.39 is 37.1 Å². The molecule has 0 saturated carbocycles. The lowest BCUT2D eigenvalue weighted by Crippen LogP contribution is -2.04. The highest BCUT2D eigenvalue weighted by Gasteiger charge is 2.45. The summed E-state index contributed by atoms with van der Waals surface area (Å²) in [5.74, 6) is -1.11. The SMILES string of the molecule is CCOP(=O)(OCC)/C([N+]#N)=C(\O)C[C@@H](O)c1ccc(F)cc1. The second-order valence-electron chi connectivity index (χ2n) is 4.47. The zero-order valence-electron chi connectivity index (χ0n) is 12.8. The van der Waals surface area contributed by atoms with Gasteiger partial charge >= 0.3 is 13.0 Å². The van der Waals surface area contributed by atoms with Crippen LogP contribution in [0, 0.1) is 11.2 Å².